The second-order valence-electron chi connectivity index (χ2n) is 4.99. The van der Waals surface area contributed by atoms with Crippen molar-refractivity contribution in [3.05, 3.63) is 34.9 Å². The van der Waals surface area contributed by atoms with Gasteiger partial charge in [-0.05, 0) is 31.0 Å². The van der Waals surface area contributed by atoms with Crippen molar-refractivity contribution in [1.82, 2.24) is 5.32 Å². The summed E-state index contributed by atoms with van der Waals surface area (Å²) in [4.78, 5) is 23.7. The first-order chi connectivity index (χ1) is 9.43. The maximum atomic E-state index is 12.1. The molecule has 0 aliphatic carbocycles. The van der Waals surface area contributed by atoms with Crippen molar-refractivity contribution in [2.75, 3.05) is 13.2 Å². The molecule has 2 rings (SSSR count). The predicted octanol–water partition coefficient (Wildman–Crippen LogP) is 1.79. The van der Waals surface area contributed by atoms with Crippen LogP contribution in [0.15, 0.2) is 24.3 Å². The molecule has 108 valence electrons. The number of carbonyl (C=O) groups excluding carboxylic acids is 1. The summed E-state index contributed by atoms with van der Waals surface area (Å²) in [6.45, 7) is 2.33. The van der Waals surface area contributed by atoms with Gasteiger partial charge < -0.3 is 15.2 Å². The van der Waals surface area contributed by atoms with Crippen LogP contribution in [0.1, 0.15) is 18.9 Å². The molecule has 2 N–H and O–H groups in total. The molecule has 2 atom stereocenters. The average Bonchev–Trinajstić information content (AvgIpc) is 2.93. The summed E-state index contributed by atoms with van der Waals surface area (Å²) in [6.07, 6.45) is 0.613. The van der Waals surface area contributed by atoms with E-state index >= 15 is 0 Å². The number of rotatable bonds is 4. The summed E-state index contributed by atoms with van der Waals surface area (Å²) in [5.41, 5.74) is -1.01. The largest absolute Gasteiger partial charge is 0.479 e. The van der Waals surface area contributed by atoms with E-state index in [0.717, 1.165) is 0 Å². The van der Waals surface area contributed by atoms with Crippen LogP contribution in [0.2, 0.25) is 5.02 Å². The maximum absolute atomic E-state index is 12.1. The number of halogens is 1. The fourth-order valence-corrected chi connectivity index (χ4v) is 2.25. The van der Waals surface area contributed by atoms with Crippen LogP contribution < -0.4 is 5.32 Å². The van der Waals surface area contributed by atoms with Gasteiger partial charge in [0.05, 0.1) is 12.5 Å². The number of carboxylic acid groups (broad SMARTS) is 1. The van der Waals surface area contributed by atoms with Crippen molar-refractivity contribution in [2.24, 2.45) is 5.92 Å². The molecule has 1 aliphatic heterocycles. The number of carboxylic acids is 1. The lowest BCUT2D eigenvalue weighted by atomic mass is 9.91. The quantitative estimate of drug-likeness (QED) is 0.888. The molecule has 0 saturated carbocycles. The van der Waals surface area contributed by atoms with Crippen LogP contribution >= 0.6 is 11.6 Å². The van der Waals surface area contributed by atoms with Crippen molar-refractivity contribution < 1.29 is 19.4 Å². The second-order valence-corrected chi connectivity index (χ2v) is 5.42. The molecule has 1 heterocycles. The standard InChI is InChI=1S/C14H16ClNO4/c1-14(13(18)19,10-2-4-11(15)5-3-10)16-12(17)9-6-7-20-8-9/h2-5,9H,6-8H2,1H3,(H,16,17)(H,18,19). The summed E-state index contributed by atoms with van der Waals surface area (Å²) in [5.74, 6) is -1.71. The van der Waals surface area contributed by atoms with Gasteiger partial charge in [-0.25, -0.2) is 4.79 Å². The minimum atomic E-state index is -1.48. The number of carbonyl (C=O) groups is 2. The number of benzene rings is 1. The van der Waals surface area contributed by atoms with Gasteiger partial charge in [0, 0.05) is 11.6 Å². The lowest BCUT2D eigenvalue weighted by Gasteiger charge is -2.28. The first-order valence-electron chi connectivity index (χ1n) is 6.32. The summed E-state index contributed by atoms with van der Waals surface area (Å²) < 4.78 is 5.15. The van der Waals surface area contributed by atoms with E-state index in [1.54, 1.807) is 24.3 Å². The highest BCUT2D eigenvalue weighted by atomic mass is 35.5. The van der Waals surface area contributed by atoms with Gasteiger partial charge in [-0.2, -0.15) is 0 Å². The van der Waals surface area contributed by atoms with Crippen LogP contribution in [0, 0.1) is 5.92 Å². The van der Waals surface area contributed by atoms with Gasteiger partial charge in [0.15, 0.2) is 5.54 Å². The number of nitrogens with one attached hydrogen (secondary N) is 1. The Kier molecular flexibility index (Phi) is 4.30. The number of aliphatic carboxylic acids is 1. The molecule has 20 heavy (non-hydrogen) atoms. The zero-order valence-corrected chi connectivity index (χ0v) is 11.8. The molecule has 1 fully saturated rings. The smallest absolute Gasteiger partial charge is 0.333 e. The van der Waals surface area contributed by atoms with Crippen LogP contribution in [-0.4, -0.2) is 30.2 Å². The Balaban J connectivity index is 2.22. The predicted molar refractivity (Wildman–Crippen MR) is 73.5 cm³/mol. The molecule has 2 unspecified atom stereocenters. The third kappa shape index (κ3) is 2.94. The van der Waals surface area contributed by atoms with Gasteiger partial charge in [-0.15, -0.1) is 0 Å². The Bertz CT molecular complexity index is 510. The third-order valence-corrected chi connectivity index (χ3v) is 3.77. The lowest BCUT2D eigenvalue weighted by molar-refractivity contribution is -0.148. The van der Waals surface area contributed by atoms with E-state index in [0.29, 0.717) is 30.2 Å². The summed E-state index contributed by atoms with van der Waals surface area (Å²) >= 11 is 5.80. The summed E-state index contributed by atoms with van der Waals surface area (Å²) in [6, 6.07) is 6.40. The van der Waals surface area contributed by atoms with Gasteiger partial charge in [0.2, 0.25) is 5.91 Å². The zero-order valence-electron chi connectivity index (χ0n) is 11.1. The number of amides is 1. The highest BCUT2D eigenvalue weighted by molar-refractivity contribution is 6.30. The first-order valence-corrected chi connectivity index (χ1v) is 6.70. The van der Waals surface area contributed by atoms with Crippen molar-refractivity contribution >= 4 is 23.5 Å². The molecule has 1 saturated heterocycles. The number of hydrogen-bond acceptors (Lipinski definition) is 3. The fourth-order valence-electron chi connectivity index (χ4n) is 2.12. The molecule has 1 aliphatic rings. The molecule has 1 amide bonds. The van der Waals surface area contributed by atoms with Crippen LogP contribution in [0.4, 0.5) is 0 Å². The molecular weight excluding hydrogens is 282 g/mol. The minimum Gasteiger partial charge on any atom is -0.479 e. The highest BCUT2D eigenvalue weighted by Crippen LogP contribution is 2.24. The summed E-state index contributed by atoms with van der Waals surface area (Å²) in [5, 5.41) is 12.6. The Hall–Kier alpha value is -1.59. The molecular formula is C14H16ClNO4. The Labute approximate surface area is 121 Å². The normalized spacial score (nSPS) is 21.2. The monoisotopic (exact) mass is 297 g/mol. The van der Waals surface area contributed by atoms with E-state index in [-0.39, 0.29) is 11.8 Å². The average molecular weight is 298 g/mol. The van der Waals surface area contributed by atoms with Crippen LogP contribution in [0.3, 0.4) is 0 Å². The topological polar surface area (TPSA) is 75.6 Å². The van der Waals surface area contributed by atoms with Gasteiger partial charge in [0.1, 0.15) is 0 Å². The third-order valence-electron chi connectivity index (χ3n) is 3.52. The fraction of sp³-hybridized carbons (Fsp3) is 0.429. The summed E-state index contributed by atoms with van der Waals surface area (Å²) in [7, 11) is 0. The Morgan fingerprint density at radius 1 is 1.40 bits per heavy atom. The van der Waals surface area contributed by atoms with E-state index in [4.69, 9.17) is 16.3 Å². The van der Waals surface area contributed by atoms with Crippen LogP contribution in [0.5, 0.6) is 0 Å². The molecule has 0 aromatic heterocycles. The van der Waals surface area contributed by atoms with E-state index in [9.17, 15) is 14.7 Å². The van der Waals surface area contributed by atoms with Crippen molar-refractivity contribution in [3.8, 4) is 0 Å². The van der Waals surface area contributed by atoms with Gasteiger partial charge in [0.25, 0.3) is 0 Å². The zero-order chi connectivity index (χ0) is 14.8. The highest BCUT2D eigenvalue weighted by Gasteiger charge is 2.39. The Morgan fingerprint density at radius 3 is 2.55 bits per heavy atom. The Morgan fingerprint density at radius 2 is 2.05 bits per heavy atom. The van der Waals surface area contributed by atoms with Crippen molar-refractivity contribution in [1.29, 1.82) is 0 Å². The van der Waals surface area contributed by atoms with E-state index in [1.807, 2.05) is 0 Å². The molecule has 1 aromatic carbocycles. The molecule has 5 nitrogen and oxygen atoms in total. The van der Waals surface area contributed by atoms with Gasteiger partial charge in [-0.3, -0.25) is 4.79 Å². The van der Waals surface area contributed by atoms with Crippen LogP contribution in [-0.2, 0) is 19.9 Å². The molecule has 0 radical (unpaired) electrons. The molecule has 0 bridgehead atoms. The van der Waals surface area contributed by atoms with E-state index in [1.165, 1.54) is 6.92 Å². The SMILES string of the molecule is CC(NC(=O)C1CCOC1)(C(=O)O)c1ccc(Cl)cc1. The van der Waals surface area contributed by atoms with Crippen molar-refractivity contribution in [3.63, 3.8) is 0 Å². The number of hydrogen-bond donors (Lipinski definition) is 2. The van der Waals surface area contributed by atoms with E-state index in [2.05, 4.69) is 5.32 Å². The second kappa shape index (κ2) is 5.81. The number of ether oxygens (including phenoxy) is 1. The molecule has 1 aromatic rings. The molecule has 6 heteroatoms. The minimum absolute atomic E-state index is 0.291. The van der Waals surface area contributed by atoms with Crippen LogP contribution in [0.25, 0.3) is 0 Å². The van der Waals surface area contributed by atoms with E-state index < -0.39 is 11.5 Å². The molecule has 0 spiro atoms. The van der Waals surface area contributed by atoms with Gasteiger partial charge >= 0.3 is 5.97 Å². The lowest BCUT2D eigenvalue weighted by Crippen LogP contribution is -2.51. The van der Waals surface area contributed by atoms with Crippen molar-refractivity contribution in [2.45, 2.75) is 18.9 Å². The van der Waals surface area contributed by atoms with Gasteiger partial charge in [-0.1, -0.05) is 23.7 Å². The first kappa shape index (κ1) is 14.8. The maximum Gasteiger partial charge on any atom is 0.333 e.